The second kappa shape index (κ2) is 8.85. The van der Waals surface area contributed by atoms with Crippen LogP contribution in [0.4, 0.5) is 11.4 Å². The van der Waals surface area contributed by atoms with Crippen LogP contribution >= 0.6 is 0 Å². The molecule has 1 aromatic rings. The van der Waals surface area contributed by atoms with Gasteiger partial charge in [-0.3, -0.25) is 19.2 Å². The molecule has 9 nitrogen and oxygen atoms in total. The van der Waals surface area contributed by atoms with Crippen LogP contribution in [-0.4, -0.2) is 69.9 Å². The third kappa shape index (κ3) is 6.33. The number of hydrogen-bond acceptors (Lipinski definition) is 8. The van der Waals surface area contributed by atoms with Crippen LogP contribution in [-0.2, 0) is 14.3 Å². The Balaban J connectivity index is 2.13. The second-order valence-electron chi connectivity index (χ2n) is 6.97. The van der Waals surface area contributed by atoms with E-state index in [-0.39, 0.29) is 30.2 Å². The molecule has 1 fully saturated rings. The zero-order valence-corrected chi connectivity index (χ0v) is 16.9. The summed E-state index contributed by atoms with van der Waals surface area (Å²) in [7, 11) is -1.46. The Morgan fingerprint density at radius 1 is 1.33 bits per heavy atom. The maximum absolute atomic E-state index is 11.2. The molecule has 0 spiro atoms. The SMILES string of the molecule is CC(C)Oc1cc(N2CCN(C)[C@@H](CCOS(C)(=O)=O)C2)ccc1[N+](=O)[O-]. The first-order chi connectivity index (χ1) is 12.6. The largest absolute Gasteiger partial charge is 0.484 e. The van der Waals surface area contributed by atoms with Crippen LogP contribution in [0.3, 0.4) is 0 Å². The Morgan fingerprint density at radius 3 is 2.63 bits per heavy atom. The summed E-state index contributed by atoms with van der Waals surface area (Å²) in [5.74, 6) is 0.253. The number of hydrogen-bond donors (Lipinski definition) is 0. The molecule has 0 aromatic heterocycles. The quantitative estimate of drug-likeness (QED) is 0.370. The van der Waals surface area contributed by atoms with Gasteiger partial charge in [0.2, 0.25) is 0 Å². The zero-order chi connectivity index (χ0) is 20.2. The normalized spacial score (nSPS) is 18.7. The van der Waals surface area contributed by atoms with Crippen molar-refractivity contribution in [3.05, 3.63) is 28.3 Å². The molecule has 2 rings (SSSR count). The van der Waals surface area contributed by atoms with Gasteiger partial charge >= 0.3 is 5.69 Å². The van der Waals surface area contributed by atoms with Gasteiger partial charge in [-0.2, -0.15) is 8.42 Å². The molecule has 1 aliphatic rings. The topological polar surface area (TPSA) is 102 Å². The van der Waals surface area contributed by atoms with Crippen LogP contribution in [0.1, 0.15) is 20.3 Å². The molecule has 0 bridgehead atoms. The van der Waals surface area contributed by atoms with Gasteiger partial charge in [-0.05, 0) is 33.4 Å². The number of ether oxygens (including phenoxy) is 1. The van der Waals surface area contributed by atoms with Gasteiger partial charge in [-0.1, -0.05) is 0 Å². The molecule has 0 unspecified atom stereocenters. The molecular formula is C17H27N3O6S. The zero-order valence-electron chi connectivity index (χ0n) is 16.1. The summed E-state index contributed by atoms with van der Waals surface area (Å²) in [4.78, 5) is 15.1. The van der Waals surface area contributed by atoms with Crippen molar-refractivity contribution in [2.75, 3.05) is 44.4 Å². The van der Waals surface area contributed by atoms with E-state index in [4.69, 9.17) is 8.92 Å². The molecule has 1 aliphatic heterocycles. The van der Waals surface area contributed by atoms with Crippen molar-refractivity contribution in [2.24, 2.45) is 0 Å². The summed E-state index contributed by atoms with van der Waals surface area (Å²) in [5.41, 5.74) is 0.790. The molecule has 10 heteroatoms. The maximum Gasteiger partial charge on any atom is 0.311 e. The predicted octanol–water partition coefficient (Wildman–Crippen LogP) is 1.87. The number of piperazine rings is 1. The number of likely N-dealkylation sites (N-methyl/N-ethyl adjacent to an activating group) is 1. The first-order valence-electron chi connectivity index (χ1n) is 8.81. The highest BCUT2D eigenvalue weighted by atomic mass is 32.2. The summed E-state index contributed by atoms with van der Waals surface area (Å²) in [6, 6.07) is 5.01. The molecule has 1 saturated heterocycles. The number of rotatable bonds is 8. The highest BCUT2D eigenvalue weighted by Crippen LogP contribution is 2.33. The average Bonchev–Trinajstić information content (AvgIpc) is 2.54. The minimum Gasteiger partial charge on any atom is -0.484 e. The van der Waals surface area contributed by atoms with Crippen LogP contribution in [0.25, 0.3) is 0 Å². The fraction of sp³-hybridized carbons (Fsp3) is 0.647. The maximum atomic E-state index is 11.2. The lowest BCUT2D eigenvalue weighted by molar-refractivity contribution is -0.386. The van der Waals surface area contributed by atoms with E-state index in [0.717, 1.165) is 25.0 Å². The summed E-state index contributed by atoms with van der Waals surface area (Å²) in [5, 5.41) is 11.2. The molecule has 1 atom stereocenters. The Hall–Kier alpha value is -1.91. The van der Waals surface area contributed by atoms with E-state index in [9.17, 15) is 18.5 Å². The van der Waals surface area contributed by atoms with Crippen LogP contribution in [0, 0.1) is 10.1 Å². The minimum absolute atomic E-state index is 0.0559. The third-order valence-corrected chi connectivity index (χ3v) is 4.99. The number of nitro benzene ring substituents is 1. The van der Waals surface area contributed by atoms with Crippen molar-refractivity contribution in [1.29, 1.82) is 0 Å². The summed E-state index contributed by atoms with van der Waals surface area (Å²) >= 11 is 0. The van der Waals surface area contributed by atoms with E-state index < -0.39 is 15.0 Å². The molecule has 27 heavy (non-hydrogen) atoms. The van der Waals surface area contributed by atoms with Gasteiger partial charge in [0.05, 0.1) is 23.9 Å². The van der Waals surface area contributed by atoms with Crippen LogP contribution in [0.2, 0.25) is 0 Å². The van der Waals surface area contributed by atoms with Gasteiger partial charge in [-0.25, -0.2) is 0 Å². The first-order valence-corrected chi connectivity index (χ1v) is 10.6. The van der Waals surface area contributed by atoms with E-state index in [2.05, 4.69) is 9.80 Å². The monoisotopic (exact) mass is 401 g/mol. The summed E-state index contributed by atoms with van der Waals surface area (Å²) in [6.45, 7) is 6.00. The Kier molecular flexibility index (Phi) is 7.01. The van der Waals surface area contributed by atoms with Crippen LogP contribution in [0.5, 0.6) is 5.75 Å². The lowest BCUT2D eigenvalue weighted by Crippen LogP contribution is -2.52. The second-order valence-corrected chi connectivity index (χ2v) is 8.61. The molecule has 1 heterocycles. The third-order valence-electron chi connectivity index (χ3n) is 4.39. The first kappa shape index (κ1) is 21.4. The number of nitrogens with zero attached hydrogens (tertiary/aromatic N) is 3. The highest BCUT2D eigenvalue weighted by Gasteiger charge is 2.26. The summed E-state index contributed by atoms with van der Waals surface area (Å²) in [6.07, 6.45) is 1.44. The molecule has 0 aliphatic carbocycles. The van der Waals surface area contributed by atoms with Gasteiger partial charge in [0.15, 0.2) is 5.75 Å². The van der Waals surface area contributed by atoms with Crippen molar-refractivity contribution in [3.63, 3.8) is 0 Å². The molecule has 1 aromatic carbocycles. The van der Waals surface area contributed by atoms with Crippen LogP contribution < -0.4 is 9.64 Å². The van der Waals surface area contributed by atoms with Crippen molar-refractivity contribution >= 4 is 21.5 Å². The Morgan fingerprint density at radius 2 is 2.04 bits per heavy atom. The van der Waals surface area contributed by atoms with E-state index in [1.54, 1.807) is 12.1 Å². The van der Waals surface area contributed by atoms with Crippen molar-refractivity contribution in [1.82, 2.24) is 4.90 Å². The average molecular weight is 401 g/mol. The molecule has 0 amide bonds. The van der Waals surface area contributed by atoms with Crippen molar-refractivity contribution in [2.45, 2.75) is 32.4 Å². The lowest BCUT2D eigenvalue weighted by atomic mass is 10.1. The fourth-order valence-corrected chi connectivity index (χ4v) is 3.43. The number of anilines is 1. The van der Waals surface area contributed by atoms with Gasteiger partial charge in [0, 0.05) is 43.5 Å². The Bertz CT molecular complexity index is 768. The fourth-order valence-electron chi connectivity index (χ4n) is 3.03. The van der Waals surface area contributed by atoms with Gasteiger partial charge in [0.1, 0.15) is 0 Å². The van der Waals surface area contributed by atoms with Gasteiger partial charge in [-0.15, -0.1) is 0 Å². The van der Waals surface area contributed by atoms with Gasteiger partial charge in [0.25, 0.3) is 10.1 Å². The van der Waals surface area contributed by atoms with E-state index in [0.29, 0.717) is 13.0 Å². The van der Waals surface area contributed by atoms with E-state index in [1.807, 2.05) is 20.9 Å². The van der Waals surface area contributed by atoms with Crippen LogP contribution in [0.15, 0.2) is 18.2 Å². The van der Waals surface area contributed by atoms with Crippen molar-refractivity contribution < 1.29 is 22.3 Å². The molecule has 0 saturated carbocycles. The molecule has 0 radical (unpaired) electrons. The molecule has 0 N–H and O–H groups in total. The van der Waals surface area contributed by atoms with E-state index >= 15 is 0 Å². The van der Waals surface area contributed by atoms with Crippen molar-refractivity contribution in [3.8, 4) is 5.75 Å². The molecular weight excluding hydrogens is 374 g/mol. The smallest absolute Gasteiger partial charge is 0.311 e. The standard InChI is InChI=1S/C17H27N3O6S/c1-13(2)26-17-11-14(5-6-16(17)20(21)22)19-9-8-18(3)15(12-19)7-10-25-27(4,23)24/h5-6,11,13,15H,7-10,12H2,1-4H3/t15-/m0/s1. The minimum atomic E-state index is -3.45. The van der Waals surface area contributed by atoms with Gasteiger partial charge < -0.3 is 9.64 Å². The predicted molar refractivity (Wildman–Crippen MR) is 103 cm³/mol. The Labute approximate surface area is 160 Å². The number of benzene rings is 1. The highest BCUT2D eigenvalue weighted by molar-refractivity contribution is 7.85. The number of nitro groups is 1. The molecule has 152 valence electrons. The summed E-state index contributed by atoms with van der Waals surface area (Å²) < 4.78 is 32.8. The van der Waals surface area contributed by atoms with E-state index in [1.165, 1.54) is 6.07 Å². The lowest BCUT2D eigenvalue weighted by Gasteiger charge is -2.40.